The molecule has 1 aliphatic rings. The molecule has 1 unspecified atom stereocenters. The van der Waals surface area contributed by atoms with Crippen molar-refractivity contribution in [2.75, 3.05) is 33.7 Å². The van der Waals surface area contributed by atoms with Gasteiger partial charge in [-0.05, 0) is 38.9 Å². The molecule has 0 aromatic rings. The third-order valence-corrected chi connectivity index (χ3v) is 2.73. The summed E-state index contributed by atoms with van der Waals surface area (Å²) in [5, 5.41) is 3.44. The van der Waals surface area contributed by atoms with Gasteiger partial charge in [0, 0.05) is 13.1 Å². The zero-order chi connectivity index (χ0) is 8.32. The van der Waals surface area contributed by atoms with Crippen molar-refractivity contribution in [1.29, 1.82) is 0 Å². The number of nitrogens with zero attached hydrogens (tertiary/aromatic N) is 1. The lowest BCUT2D eigenvalue weighted by Crippen LogP contribution is -2.35. The highest BCUT2D eigenvalue weighted by atomic mass is 15.1. The predicted octanol–water partition coefficient (Wildman–Crippen LogP) is 0.938. The molecule has 0 aliphatic carbocycles. The Kier molecular flexibility index (Phi) is 2.90. The topological polar surface area (TPSA) is 15.3 Å². The van der Waals surface area contributed by atoms with Crippen molar-refractivity contribution in [2.45, 2.75) is 19.8 Å². The molecule has 1 heterocycles. The fraction of sp³-hybridized carbons (Fsp3) is 1.00. The zero-order valence-corrected chi connectivity index (χ0v) is 7.98. The average Bonchev–Trinajstić information content (AvgIpc) is 2.36. The van der Waals surface area contributed by atoms with Gasteiger partial charge in [-0.1, -0.05) is 6.92 Å². The van der Waals surface area contributed by atoms with Gasteiger partial charge in [-0.3, -0.25) is 0 Å². The Balaban J connectivity index is 2.45. The molecule has 0 saturated carbocycles. The normalized spacial score (nSPS) is 31.6. The molecule has 1 N–H and O–H groups in total. The second kappa shape index (κ2) is 3.55. The van der Waals surface area contributed by atoms with Gasteiger partial charge >= 0.3 is 0 Å². The molecule has 0 radical (unpaired) electrons. The van der Waals surface area contributed by atoms with Crippen LogP contribution in [0, 0.1) is 5.41 Å². The van der Waals surface area contributed by atoms with Gasteiger partial charge in [-0.15, -0.1) is 0 Å². The largest absolute Gasteiger partial charge is 0.316 e. The van der Waals surface area contributed by atoms with Crippen LogP contribution in [0.1, 0.15) is 19.8 Å². The molecule has 1 rings (SSSR count). The van der Waals surface area contributed by atoms with E-state index in [1.54, 1.807) is 0 Å². The minimum atomic E-state index is 0.573. The molecule has 0 aromatic carbocycles. The standard InChI is InChI=1S/C9H20N2/c1-4-9(8-11(2)3)5-6-10-7-9/h10H,4-8H2,1-3H3. The third-order valence-electron chi connectivity index (χ3n) is 2.73. The van der Waals surface area contributed by atoms with Crippen LogP contribution in [0.3, 0.4) is 0 Å². The summed E-state index contributed by atoms with van der Waals surface area (Å²) in [6, 6.07) is 0. The first-order valence-electron chi connectivity index (χ1n) is 4.54. The first kappa shape index (κ1) is 9.01. The molecule has 2 heteroatoms. The van der Waals surface area contributed by atoms with E-state index in [0.717, 1.165) is 0 Å². The highest BCUT2D eigenvalue weighted by molar-refractivity contribution is 4.88. The van der Waals surface area contributed by atoms with Crippen LogP contribution in [-0.4, -0.2) is 38.6 Å². The van der Waals surface area contributed by atoms with Crippen LogP contribution in [0.2, 0.25) is 0 Å². The molecule has 1 atom stereocenters. The van der Waals surface area contributed by atoms with Gasteiger partial charge in [0.2, 0.25) is 0 Å². The molecule has 11 heavy (non-hydrogen) atoms. The molecule has 1 saturated heterocycles. The fourth-order valence-corrected chi connectivity index (χ4v) is 2.01. The van der Waals surface area contributed by atoms with Gasteiger partial charge in [0.1, 0.15) is 0 Å². The van der Waals surface area contributed by atoms with E-state index >= 15 is 0 Å². The maximum atomic E-state index is 3.44. The van der Waals surface area contributed by atoms with Crippen molar-refractivity contribution >= 4 is 0 Å². The first-order valence-corrected chi connectivity index (χ1v) is 4.54. The Bertz CT molecular complexity index is 115. The summed E-state index contributed by atoms with van der Waals surface area (Å²) in [6.07, 6.45) is 2.65. The fourth-order valence-electron chi connectivity index (χ4n) is 2.01. The SMILES string of the molecule is CCC1(CN(C)C)CCNC1. The van der Waals surface area contributed by atoms with Crippen molar-refractivity contribution in [1.82, 2.24) is 10.2 Å². The highest BCUT2D eigenvalue weighted by Crippen LogP contribution is 2.29. The van der Waals surface area contributed by atoms with E-state index in [0.29, 0.717) is 5.41 Å². The molecule has 0 spiro atoms. The van der Waals surface area contributed by atoms with Crippen LogP contribution in [0.5, 0.6) is 0 Å². The second-order valence-electron chi connectivity index (χ2n) is 4.02. The molecule has 1 aliphatic heterocycles. The molecular weight excluding hydrogens is 136 g/mol. The third kappa shape index (κ3) is 2.17. The monoisotopic (exact) mass is 156 g/mol. The number of rotatable bonds is 3. The molecule has 1 fully saturated rings. The lowest BCUT2D eigenvalue weighted by molar-refractivity contribution is 0.210. The van der Waals surface area contributed by atoms with Crippen LogP contribution < -0.4 is 5.32 Å². The Morgan fingerprint density at radius 3 is 2.55 bits per heavy atom. The van der Waals surface area contributed by atoms with E-state index < -0.39 is 0 Å². The minimum absolute atomic E-state index is 0.573. The molecular formula is C9H20N2. The summed E-state index contributed by atoms with van der Waals surface area (Å²) in [5.74, 6) is 0. The van der Waals surface area contributed by atoms with Crippen LogP contribution in [0.15, 0.2) is 0 Å². The van der Waals surface area contributed by atoms with Crippen LogP contribution in [0.4, 0.5) is 0 Å². The Morgan fingerprint density at radius 1 is 1.45 bits per heavy atom. The van der Waals surface area contributed by atoms with Crippen molar-refractivity contribution in [3.63, 3.8) is 0 Å². The van der Waals surface area contributed by atoms with Gasteiger partial charge in [0.15, 0.2) is 0 Å². The van der Waals surface area contributed by atoms with E-state index in [-0.39, 0.29) is 0 Å². The van der Waals surface area contributed by atoms with Gasteiger partial charge in [-0.2, -0.15) is 0 Å². The zero-order valence-electron chi connectivity index (χ0n) is 7.98. The molecule has 0 aromatic heterocycles. The minimum Gasteiger partial charge on any atom is -0.316 e. The van der Waals surface area contributed by atoms with Crippen LogP contribution in [0.25, 0.3) is 0 Å². The van der Waals surface area contributed by atoms with Crippen LogP contribution in [-0.2, 0) is 0 Å². The van der Waals surface area contributed by atoms with Gasteiger partial charge in [-0.25, -0.2) is 0 Å². The average molecular weight is 156 g/mol. The Labute approximate surface area is 70.0 Å². The second-order valence-corrected chi connectivity index (χ2v) is 4.02. The summed E-state index contributed by atoms with van der Waals surface area (Å²) in [5.41, 5.74) is 0.573. The molecule has 0 bridgehead atoms. The molecule has 66 valence electrons. The number of nitrogens with one attached hydrogen (secondary N) is 1. The van der Waals surface area contributed by atoms with Gasteiger partial charge in [0.05, 0.1) is 0 Å². The first-order chi connectivity index (χ1) is 5.18. The highest BCUT2D eigenvalue weighted by Gasteiger charge is 2.31. The molecule has 2 nitrogen and oxygen atoms in total. The summed E-state index contributed by atoms with van der Waals surface area (Å²) in [6.45, 7) is 5.95. The number of hydrogen-bond acceptors (Lipinski definition) is 2. The van der Waals surface area contributed by atoms with Gasteiger partial charge < -0.3 is 10.2 Å². The maximum Gasteiger partial charge on any atom is 0.00444 e. The van der Waals surface area contributed by atoms with Crippen molar-refractivity contribution in [3.8, 4) is 0 Å². The van der Waals surface area contributed by atoms with Crippen LogP contribution >= 0.6 is 0 Å². The van der Waals surface area contributed by atoms with Gasteiger partial charge in [0.25, 0.3) is 0 Å². The summed E-state index contributed by atoms with van der Waals surface area (Å²) < 4.78 is 0. The van der Waals surface area contributed by atoms with Crippen molar-refractivity contribution < 1.29 is 0 Å². The summed E-state index contributed by atoms with van der Waals surface area (Å²) in [7, 11) is 4.32. The quantitative estimate of drug-likeness (QED) is 0.654. The summed E-state index contributed by atoms with van der Waals surface area (Å²) in [4.78, 5) is 2.30. The Morgan fingerprint density at radius 2 is 2.18 bits per heavy atom. The molecule has 0 amide bonds. The van der Waals surface area contributed by atoms with Crippen molar-refractivity contribution in [3.05, 3.63) is 0 Å². The predicted molar refractivity (Wildman–Crippen MR) is 48.8 cm³/mol. The Hall–Kier alpha value is -0.0800. The van der Waals surface area contributed by atoms with E-state index in [2.05, 4.69) is 31.2 Å². The van der Waals surface area contributed by atoms with E-state index in [1.165, 1.54) is 32.5 Å². The maximum absolute atomic E-state index is 3.44. The van der Waals surface area contributed by atoms with Crippen molar-refractivity contribution in [2.24, 2.45) is 5.41 Å². The van der Waals surface area contributed by atoms with E-state index in [1.807, 2.05) is 0 Å². The smallest absolute Gasteiger partial charge is 0.00444 e. The lowest BCUT2D eigenvalue weighted by atomic mass is 9.84. The van der Waals surface area contributed by atoms with E-state index in [4.69, 9.17) is 0 Å². The summed E-state index contributed by atoms with van der Waals surface area (Å²) >= 11 is 0. The number of hydrogen-bond donors (Lipinski definition) is 1. The van der Waals surface area contributed by atoms with E-state index in [9.17, 15) is 0 Å². The lowest BCUT2D eigenvalue weighted by Gasteiger charge is -2.29.